The van der Waals surface area contributed by atoms with E-state index in [9.17, 15) is 0 Å². The van der Waals surface area contributed by atoms with Gasteiger partial charge in [-0.2, -0.15) is 0 Å². The summed E-state index contributed by atoms with van der Waals surface area (Å²) < 4.78 is 20.9. The van der Waals surface area contributed by atoms with Crippen LogP contribution in [-0.2, 0) is 16.2 Å². The van der Waals surface area contributed by atoms with Gasteiger partial charge in [-0.1, -0.05) is 138 Å². The largest absolute Gasteiger partial charge is 0.530 e. The highest BCUT2D eigenvalue weighted by Crippen LogP contribution is 2.50. The first-order chi connectivity index (χ1) is 23.2. The van der Waals surface area contributed by atoms with Crippen molar-refractivity contribution in [3.05, 3.63) is 106 Å². The number of allylic oxidation sites excluding steroid dienone is 3. The monoisotopic (exact) mass is 682 g/mol. The Bertz CT molecular complexity index is 1400. The molecule has 0 N–H and O–H groups in total. The molecule has 0 spiro atoms. The molecule has 3 aromatic carbocycles. The molecule has 0 aliphatic rings. The van der Waals surface area contributed by atoms with E-state index in [0.29, 0.717) is 0 Å². The summed E-state index contributed by atoms with van der Waals surface area (Å²) in [6.07, 6.45) is 19.0. The molecule has 3 nitrogen and oxygen atoms in total. The van der Waals surface area contributed by atoms with E-state index in [-0.39, 0.29) is 16.2 Å². The van der Waals surface area contributed by atoms with Gasteiger partial charge in [-0.25, -0.2) is 0 Å². The summed E-state index contributed by atoms with van der Waals surface area (Å²) >= 11 is 0. The lowest BCUT2D eigenvalue weighted by atomic mass is 9.81. The average molecular weight is 683 g/mol. The smallest absolute Gasteiger partial charge is 0.408 e. The Kier molecular flexibility index (Phi) is 14.8. The van der Waals surface area contributed by atoms with E-state index in [1.807, 2.05) is 0 Å². The lowest BCUT2D eigenvalue weighted by Gasteiger charge is -2.31. The van der Waals surface area contributed by atoms with Crippen molar-refractivity contribution in [3.63, 3.8) is 0 Å². The third-order valence-electron chi connectivity index (χ3n) is 10.0. The molecule has 0 radical (unpaired) electrons. The van der Waals surface area contributed by atoms with E-state index in [4.69, 9.17) is 13.6 Å². The fourth-order valence-electron chi connectivity index (χ4n) is 5.41. The Morgan fingerprint density at radius 3 is 0.939 bits per heavy atom. The van der Waals surface area contributed by atoms with Crippen molar-refractivity contribution in [2.45, 2.75) is 138 Å². The van der Waals surface area contributed by atoms with Crippen LogP contribution in [0.5, 0.6) is 17.2 Å². The van der Waals surface area contributed by atoms with E-state index >= 15 is 0 Å². The van der Waals surface area contributed by atoms with Gasteiger partial charge in [0.1, 0.15) is 17.2 Å². The topological polar surface area (TPSA) is 27.7 Å². The molecular weight excluding hydrogens is 619 g/mol. The van der Waals surface area contributed by atoms with Crippen molar-refractivity contribution >= 4 is 26.8 Å². The van der Waals surface area contributed by atoms with E-state index in [0.717, 1.165) is 72.5 Å². The number of benzene rings is 3. The minimum absolute atomic E-state index is 0.113. The Labute approximate surface area is 300 Å². The van der Waals surface area contributed by atoms with Crippen molar-refractivity contribution in [3.8, 4) is 17.2 Å². The summed E-state index contributed by atoms with van der Waals surface area (Å²) in [6.45, 7) is 26.9. The van der Waals surface area contributed by atoms with Gasteiger partial charge in [0.2, 0.25) is 0 Å². The van der Waals surface area contributed by atoms with Crippen LogP contribution in [-0.4, -0.2) is 0 Å². The fraction of sp³-hybridized carbons (Fsp3) is 0.467. The van der Waals surface area contributed by atoms with Crippen LogP contribution in [0.2, 0.25) is 0 Å². The number of hydrogen-bond acceptors (Lipinski definition) is 3. The molecule has 0 aliphatic heterocycles. The Morgan fingerprint density at radius 2 is 0.714 bits per heavy atom. The minimum Gasteiger partial charge on any atom is -0.408 e. The van der Waals surface area contributed by atoms with Crippen LogP contribution in [0.4, 0.5) is 0 Å². The van der Waals surface area contributed by atoms with Crippen LogP contribution >= 0.6 is 8.60 Å². The first kappa shape index (κ1) is 40.1. The van der Waals surface area contributed by atoms with Gasteiger partial charge < -0.3 is 13.6 Å². The van der Waals surface area contributed by atoms with Crippen LogP contribution < -0.4 is 13.6 Å². The van der Waals surface area contributed by atoms with Gasteiger partial charge in [-0.15, -0.1) is 0 Å². The zero-order valence-corrected chi connectivity index (χ0v) is 33.5. The molecule has 0 bridgehead atoms. The number of rotatable bonds is 18. The molecule has 0 atom stereocenters. The third-order valence-corrected chi connectivity index (χ3v) is 11.0. The third kappa shape index (κ3) is 10.8. The van der Waals surface area contributed by atoms with Gasteiger partial charge in [-0.3, -0.25) is 0 Å². The van der Waals surface area contributed by atoms with E-state index in [1.165, 1.54) is 16.7 Å². The predicted octanol–water partition coefficient (Wildman–Crippen LogP) is 14.8. The molecule has 0 saturated carbocycles. The first-order valence-electron chi connectivity index (χ1n) is 18.5. The zero-order chi connectivity index (χ0) is 36.2. The highest BCUT2D eigenvalue weighted by atomic mass is 31.2. The maximum atomic E-state index is 6.96. The average Bonchev–Trinajstić information content (AvgIpc) is 3.09. The number of hydrogen-bond donors (Lipinski definition) is 0. The van der Waals surface area contributed by atoms with Crippen molar-refractivity contribution in [2.24, 2.45) is 0 Å². The van der Waals surface area contributed by atoms with Crippen LogP contribution in [0.1, 0.15) is 155 Å². The summed E-state index contributed by atoms with van der Waals surface area (Å²) in [5, 5.41) is 0. The van der Waals surface area contributed by atoms with Gasteiger partial charge in [0, 0.05) is 16.7 Å². The maximum absolute atomic E-state index is 6.96. The highest BCUT2D eigenvalue weighted by molar-refractivity contribution is 7.43. The van der Waals surface area contributed by atoms with Crippen LogP contribution in [0.3, 0.4) is 0 Å². The molecule has 0 saturated heterocycles. The fourth-order valence-corrected chi connectivity index (χ4v) is 6.48. The molecule has 3 rings (SSSR count). The summed E-state index contributed by atoms with van der Waals surface area (Å²) in [4.78, 5) is 0. The second-order valence-electron chi connectivity index (χ2n) is 14.9. The highest BCUT2D eigenvalue weighted by Gasteiger charge is 2.32. The van der Waals surface area contributed by atoms with Crippen molar-refractivity contribution in [1.29, 1.82) is 0 Å². The van der Waals surface area contributed by atoms with Gasteiger partial charge in [0.25, 0.3) is 0 Å². The maximum Gasteiger partial charge on any atom is 0.530 e. The zero-order valence-electron chi connectivity index (χ0n) is 32.6. The Hall–Kier alpha value is -3.29. The molecular formula is C45H63O3P. The summed E-state index contributed by atoms with van der Waals surface area (Å²) in [5.41, 5.74) is 6.61. The van der Waals surface area contributed by atoms with Crippen molar-refractivity contribution in [2.75, 3.05) is 0 Å². The molecule has 0 unspecified atom stereocenters. The minimum atomic E-state index is -1.91. The van der Waals surface area contributed by atoms with Gasteiger partial charge in [0.05, 0.1) is 0 Å². The first-order valence-corrected chi connectivity index (χ1v) is 19.6. The second-order valence-corrected chi connectivity index (χ2v) is 15.9. The molecule has 0 aliphatic carbocycles. The molecule has 0 amide bonds. The van der Waals surface area contributed by atoms with Crippen LogP contribution in [0, 0.1) is 0 Å². The Morgan fingerprint density at radius 1 is 0.449 bits per heavy atom. The molecule has 3 aromatic rings. The Balaban J connectivity index is 2.24. The molecule has 4 heteroatoms. The van der Waals surface area contributed by atoms with Gasteiger partial charge in [0.15, 0.2) is 0 Å². The molecule has 0 aromatic heterocycles. The predicted molar refractivity (Wildman–Crippen MR) is 216 cm³/mol. The second kappa shape index (κ2) is 18.1. The van der Waals surface area contributed by atoms with Crippen molar-refractivity contribution in [1.82, 2.24) is 0 Å². The molecule has 0 heterocycles. The molecule has 266 valence electrons. The van der Waals surface area contributed by atoms with Gasteiger partial charge in [-0.05, 0) is 108 Å². The van der Waals surface area contributed by atoms with Gasteiger partial charge >= 0.3 is 8.60 Å². The lowest BCUT2D eigenvalue weighted by molar-refractivity contribution is 0.366. The van der Waals surface area contributed by atoms with E-state index < -0.39 is 8.60 Å². The van der Waals surface area contributed by atoms with E-state index in [2.05, 4.69) is 174 Å². The molecule has 49 heavy (non-hydrogen) atoms. The SMILES string of the molecule is CCC=Cc1ccc(OP(Oc2ccc(C=CCC)cc2C(C)(C)CC)Oc2ccc(C=CCC)cc2C(C)(C)CC)c(C(C)(C)CC)c1. The lowest BCUT2D eigenvalue weighted by Crippen LogP contribution is -2.20. The normalized spacial score (nSPS) is 13.5. The van der Waals surface area contributed by atoms with Crippen LogP contribution in [0.15, 0.2) is 72.8 Å². The van der Waals surface area contributed by atoms with E-state index in [1.54, 1.807) is 0 Å². The van der Waals surface area contributed by atoms with Crippen LogP contribution in [0.25, 0.3) is 18.2 Å². The van der Waals surface area contributed by atoms with Crippen molar-refractivity contribution < 1.29 is 13.6 Å². The summed E-state index contributed by atoms with van der Waals surface area (Å²) in [5.74, 6) is 2.39. The summed E-state index contributed by atoms with van der Waals surface area (Å²) in [7, 11) is -1.91. The molecule has 0 fully saturated rings. The standard InChI is InChI=1S/C45H63O3P/c1-13-19-22-34-25-28-40(37(31-34)43(7,8)16-4)46-49(47-41-29-26-35(23-20-14-2)32-38(41)44(9,10)17-5)48-42-30-27-36(24-21-15-3)33-39(42)45(11,12)18-6/h19-33H,13-18H2,1-12H3. The quantitative estimate of drug-likeness (QED) is 0.125. The summed E-state index contributed by atoms with van der Waals surface area (Å²) in [6, 6.07) is 19.5.